The number of carboxylic acid groups (broad SMARTS) is 1. The number of aromatic hydroxyl groups is 1. The molecule has 1 rings (SSSR count). The van der Waals surface area contributed by atoms with Gasteiger partial charge in [0.2, 0.25) is 0 Å². The predicted octanol–water partition coefficient (Wildman–Crippen LogP) is 1.31. The molecule has 1 atom stereocenters. The van der Waals surface area contributed by atoms with Crippen LogP contribution in [0.5, 0.6) is 5.75 Å². The molecule has 1 heterocycles. The molecule has 82 valence electrons. The second-order valence-corrected chi connectivity index (χ2v) is 3.24. The maximum Gasteiger partial charge on any atom is 0.339 e. The van der Waals surface area contributed by atoms with Crippen LogP contribution in [-0.2, 0) is 4.79 Å². The summed E-state index contributed by atoms with van der Waals surface area (Å²) in [5.41, 5.74) is -0.672. The lowest BCUT2D eigenvalue weighted by Crippen LogP contribution is -2.08. The van der Waals surface area contributed by atoms with Crippen LogP contribution in [-0.4, -0.2) is 16.2 Å². The highest BCUT2D eigenvalue weighted by atomic mass is 16.4. The molecular weight excluding hydrogens is 200 g/mol. The van der Waals surface area contributed by atoms with E-state index in [1.165, 1.54) is 6.07 Å². The van der Waals surface area contributed by atoms with Crippen LogP contribution >= 0.6 is 0 Å². The van der Waals surface area contributed by atoms with Gasteiger partial charge in [0.1, 0.15) is 11.5 Å². The molecule has 15 heavy (non-hydrogen) atoms. The maximum atomic E-state index is 10.9. The van der Waals surface area contributed by atoms with Crippen LogP contribution in [0.25, 0.3) is 0 Å². The normalized spacial score (nSPS) is 12.3. The van der Waals surface area contributed by atoms with Gasteiger partial charge in [-0.3, -0.25) is 4.79 Å². The van der Waals surface area contributed by atoms with E-state index >= 15 is 0 Å². The Labute approximate surface area is 86.0 Å². The minimum Gasteiger partial charge on any atom is -0.508 e. The van der Waals surface area contributed by atoms with Gasteiger partial charge >= 0.3 is 11.6 Å². The summed E-state index contributed by atoms with van der Waals surface area (Å²) < 4.78 is 4.83. The second kappa shape index (κ2) is 4.63. The third-order valence-corrected chi connectivity index (χ3v) is 2.09. The molecule has 0 aromatic carbocycles. The number of hydrogen-bond acceptors (Lipinski definition) is 4. The summed E-state index contributed by atoms with van der Waals surface area (Å²) in [6.45, 7) is 1.79. The Morgan fingerprint density at radius 3 is 2.67 bits per heavy atom. The molecule has 0 aliphatic heterocycles. The molecule has 0 spiro atoms. The standard InChI is InChI=1S/C10H12O5/c1-2-6(3-9(12)13)8-4-7(11)5-10(14)15-8/h4-6,11H,2-3H2,1H3,(H,12,13). The summed E-state index contributed by atoms with van der Waals surface area (Å²) in [6, 6.07) is 2.22. The van der Waals surface area contributed by atoms with Crippen molar-refractivity contribution in [1.82, 2.24) is 0 Å². The molecule has 5 nitrogen and oxygen atoms in total. The average molecular weight is 212 g/mol. The predicted molar refractivity (Wildman–Crippen MR) is 51.9 cm³/mol. The Morgan fingerprint density at radius 1 is 1.53 bits per heavy atom. The fraction of sp³-hybridized carbons (Fsp3) is 0.400. The van der Waals surface area contributed by atoms with Gasteiger partial charge in [-0.1, -0.05) is 6.92 Å². The maximum absolute atomic E-state index is 10.9. The zero-order chi connectivity index (χ0) is 11.4. The lowest BCUT2D eigenvalue weighted by Gasteiger charge is -2.10. The number of rotatable bonds is 4. The summed E-state index contributed by atoms with van der Waals surface area (Å²) in [4.78, 5) is 21.5. The summed E-state index contributed by atoms with van der Waals surface area (Å²) in [5, 5.41) is 17.8. The quantitative estimate of drug-likeness (QED) is 0.785. The third kappa shape index (κ3) is 3.12. The van der Waals surface area contributed by atoms with Crippen LogP contribution in [0.3, 0.4) is 0 Å². The molecule has 0 radical (unpaired) electrons. The van der Waals surface area contributed by atoms with Crippen LogP contribution in [0.15, 0.2) is 21.3 Å². The number of carboxylic acids is 1. The van der Waals surface area contributed by atoms with E-state index in [2.05, 4.69) is 0 Å². The van der Waals surface area contributed by atoms with Gasteiger partial charge in [-0.2, -0.15) is 0 Å². The van der Waals surface area contributed by atoms with E-state index < -0.39 is 11.6 Å². The summed E-state index contributed by atoms with van der Waals surface area (Å²) in [7, 11) is 0. The van der Waals surface area contributed by atoms with Crippen molar-refractivity contribution in [3.63, 3.8) is 0 Å². The largest absolute Gasteiger partial charge is 0.508 e. The SMILES string of the molecule is CCC(CC(=O)O)c1cc(O)cc(=O)o1. The molecule has 0 fully saturated rings. The van der Waals surface area contributed by atoms with Gasteiger partial charge in [0.15, 0.2) is 0 Å². The molecule has 1 aromatic rings. The van der Waals surface area contributed by atoms with Crippen molar-refractivity contribution in [2.75, 3.05) is 0 Å². The fourth-order valence-electron chi connectivity index (χ4n) is 1.34. The van der Waals surface area contributed by atoms with Crippen molar-refractivity contribution >= 4 is 5.97 Å². The lowest BCUT2D eigenvalue weighted by molar-refractivity contribution is -0.137. The topological polar surface area (TPSA) is 87.7 Å². The average Bonchev–Trinajstić information content (AvgIpc) is 2.12. The Kier molecular flexibility index (Phi) is 3.49. The Bertz CT molecular complexity index is 407. The smallest absolute Gasteiger partial charge is 0.339 e. The van der Waals surface area contributed by atoms with Crippen LogP contribution in [0.4, 0.5) is 0 Å². The number of aliphatic carboxylic acids is 1. The highest BCUT2D eigenvalue weighted by molar-refractivity contribution is 5.67. The van der Waals surface area contributed by atoms with Crippen molar-refractivity contribution < 1.29 is 19.4 Å². The number of hydrogen-bond donors (Lipinski definition) is 2. The number of carbonyl (C=O) groups is 1. The summed E-state index contributed by atoms with van der Waals surface area (Å²) in [6.07, 6.45) is 0.404. The van der Waals surface area contributed by atoms with E-state index in [4.69, 9.17) is 14.6 Å². The second-order valence-electron chi connectivity index (χ2n) is 3.24. The van der Waals surface area contributed by atoms with Crippen LogP contribution in [0.1, 0.15) is 31.4 Å². The van der Waals surface area contributed by atoms with E-state index in [9.17, 15) is 9.59 Å². The van der Waals surface area contributed by atoms with Gasteiger partial charge in [0.25, 0.3) is 0 Å². The lowest BCUT2D eigenvalue weighted by atomic mass is 9.99. The van der Waals surface area contributed by atoms with E-state index in [0.717, 1.165) is 6.07 Å². The summed E-state index contributed by atoms with van der Waals surface area (Å²) >= 11 is 0. The Balaban J connectivity index is 3.01. The van der Waals surface area contributed by atoms with Crippen molar-refractivity contribution in [3.05, 3.63) is 28.3 Å². The van der Waals surface area contributed by atoms with E-state index in [-0.39, 0.29) is 23.8 Å². The van der Waals surface area contributed by atoms with Crippen molar-refractivity contribution in [3.8, 4) is 5.75 Å². The summed E-state index contributed by atoms with van der Waals surface area (Å²) in [5.74, 6) is -1.34. The van der Waals surface area contributed by atoms with Gasteiger partial charge in [-0.25, -0.2) is 4.79 Å². The molecule has 1 aromatic heterocycles. The first-order valence-corrected chi connectivity index (χ1v) is 4.58. The third-order valence-electron chi connectivity index (χ3n) is 2.09. The zero-order valence-electron chi connectivity index (χ0n) is 8.27. The Hall–Kier alpha value is -1.78. The minimum absolute atomic E-state index is 0.122. The Morgan fingerprint density at radius 2 is 2.20 bits per heavy atom. The molecular formula is C10H12O5. The zero-order valence-corrected chi connectivity index (χ0v) is 8.27. The molecule has 0 saturated heterocycles. The highest BCUT2D eigenvalue weighted by Crippen LogP contribution is 2.24. The highest BCUT2D eigenvalue weighted by Gasteiger charge is 2.17. The molecule has 0 saturated carbocycles. The van der Waals surface area contributed by atoms with Gasteiger partial charge in [-0.05, 0) is 6.42 Å². The van der Waals surface area contributed by atoms with Crippen molar-refractivity contribution in [2.24, 2.45) is 0 Å². The first-order chi connectivity index (χ1) is 7.02. The molecule has 2 N–H and O–H groups in total. The molecule has 0 bridgehead atoms. The molecule has 1 unspecified atom stereocenters. The van der Waals surface area contributed by atoms with E-state index in [1.807, 2.05) is 0 Å². The first kappa shape index (κ1) is 11.3. The van der Waals surface area contributed by atoms with E-state index in [0.29, 0.717) is 6.42 Å². The molecule has 0 aliphatic rings. The van der Waals surface area contributed by atoms with Crippen LogP contribution in [0, 0.1) is 0 Å². The van der Waals surface area contributed by atoms with Crippen LogP contribution < -0.4 is 5.63 Å². The van der Waals surface area contributed by atoms with Gasteiger partial charge in [0.05, 0.1) is 12.5 Å². The van der Waals surface area contributed by atoms with Crippen molar-refractivity contribution in [1.29, 1.82) is 0 Å². The fourth-order valence-corrected chi connectivity index (χ4v) is 1.34. The first-order valence-electron chi connectivity index (χ1n) is 4.58. The van der Waals surface area contributed by atoms with Gasteiger partial charge in [-0.15, -0.1) is 0 Å². The van der Waals surface area contributed by atoms with Gasteiger partial charge in [0, 0.05) is 12.0 Å². The van der Waals surface area contributed by atoms with E-state index in [1.54, 1.807) is 6.92 Å². The molecule has 0 aliphatic carbocycles. The van der Waals surface area contributed by atoms with Crippen LogP contribution in [0.2, 0.25) is 0 Å². The minimum atomic E-state index is -0.965. The monoisotopic (exact) mass is 212 g/mol. The molecule has 5 heteroatoms. The molecule has 0 amide bonds. The van der Waals surface area contributed by atoms with Crippen molar-refractivity contribution in [2.45, 2.75) is 25.7 Å². The van der Waals surface area contributed by atoms with Gasteiger partial charge < -0.3 is 14.6 Å².